The Balaban J connectivity index is 2.87. The normalized spacial score (nSPS) is 38.6. The molecule has 11 heteroatoms. The van der Waals surface area contributed by atoms with Gasteiger partial charge in [-0.15, -0.1) is 0 Å². The molecule has 0 saturated carbocycles. The van der Waals surface area contributed by atoms with E-state index in [2.05, 4.69) is 0 Å². The molecule has 1 heterocycles. The highest BCUT2D eigenvalue weighted by Gasteiger charge is 2.55. The van der Waals surface area contributed by atoms with Gasteiger partial charge in [0.1, 0.15) is 54.4 Å². The summed E-state index contributed by atoms with van der Waals surface area (Å²) in [6, 6.07) is 0. The molecule has 0 amide bonds. The minimum atomic E-state index is -2.62. The Morgan fingerprint density at radius 3 is 2.00 bits per heavy atom. The van der Waals surface area contributed by atoms with Gasteiger partial charge >= 0.3 is 0 Å². The Labute approximate surface area is 131 Å². The summed E-state index contributed by atoms with van der Waals surface area (Å²) in [5.41, 5.74) is -2.62. The molecule has 0 bridgehead atoms. The van der Waals surface area contributed by atoms with Crippen molar-refractivity contribution in [1.29, 1.82) is 0 Å². The molecule has 1 fully saturated rings. The number of hydrogen-bond acceptors (Lipinski definition) is 11. The van der Waals surface area contributed by atoms with Crippen molar-refractivity contribution in [1.82, 2.24) is 0 Å². The number of hydrogen-bond donors (Lipinski definition) is 10. The van der Waals surface area contributed by atoms with Crippen molar-refractivity contribution in [2.24, 2.45) is 0 Å². The van der Waals surface area contributed by atoms with E-state index in [9.17, 15) is 40.9 Å². The molecular weight excluding hydrogens is 320 g/mol. The smallest absolute Gasteiger partial charge is 0.145 e. The van der Waals surface area contributed by atoms with Crippen LogP contribution in [0.3, 0.4) is 0 Å². The lowest BCUT2D eigenvalue weighted by atomic mass is 9.79. The van der Waals surface area contributed by atoms with Gasteiger partial charge in [-0.2, -0.15) is 0 Å². The summed E-state index contributed by atoms with van der Waals surface area (Å²) in [6.45, 7) is -2.40. The van der Waals surface area contributed by atoms with Gasteiger partial charge in [-0.1, -0.05) is 0 Å². The van der Waals surface area contributed by atoms with E-state index in [1.807, 2.05) is 0 Å². The van der Waals surface area contributed by atoms with Gasteiger partial charge in [-0.25, -0.2) is 0 Å². The second-order valence-electron chi connectivity index (χ2n) is 5.63. The Morgan fingerprint density at radius 1 is 0.957 bits per heavy atom. The lowest BCUT2D eigenvalue weighted by molar-refractivity contribution is -0.285. The Morgan fingerprint density at radius 2 is 1.52 bits per heavy atom. The van der Waals surface area contributed by atoms with Gasteiger partial charge in [0.15, 0.2) is 0 Å². The van der Waals surface area contributed by atoms with Crippen LogP contribution in [-0.4, -0.2) is 125 Å². The summed E-state index contributed by atoms with van der Waals surface area (Å²) in [4.78, 5) is 0. The van der Waals surface area contributed by atoms with Crippen LogP contribution >= 0.6 is 0 Å². The van der Waals surface area contributed by atoms with Crippen LogP contribution < -0.4 is 0 Å². The van der Waals surface area contributed by atoms with Crippen LogP contribution in [0.15, 0.2) is 0 Å². The Hall–Kier alpha value is -0.440. The maximum atomic E-state index is 10.3. The van der Waals surface area contributed by atoms with E-state index < -0.39 is 74.3 Å². The maximum Gasteiger partial charge on any atom is 0.145 e. The van der Waals surface area contributed by atoms with Crippen molar-refractivity contribution in [2.75, 3.05) is 19.8 Å². The van der Waals surface area contributed by atoms with Crippen LogP contribution in [0.25, 0.3) is 0 Å². The topological polar surface area (TPSA) is 212 Å². The largest absolute Gasteiger partial charge is 0.394 e. The molecule has 138 valence electrons. The average molecular weight is 344 g/mol. The van der Waals surface area contributed by atoms with Crippen molar-refractivity contribution in [3.8, 4) is 0 Å². The Bertz CT molecular complexity index is 369. The van der Waals surface area contributed by atoms with E-state index >= 15 is 0 Å². The number of aliphatic hydroxyl groups is 10. The molecule has 1 rings (SSSR count). The molecule has 0 aliphatic carbocycles. The zero-order valence-corrected chi connectivity index (χ0v) is 12.1. The summed E-state index contributed by atoms with van der Waals surface area (Å²) in [5.74, 6) is 0. The standard InChI is InChI=1S/C12H24O11/c13-1-4(15)6(16)8(18)9(19)11(21)12(22)3-23-5(2-14)7(17)10(12)20/h4-11,13-22H,1-3H2/t4-,5-,6-,7-,8+,9-,10+,11?,12-/m1/s1. The van der Waals surface area contributed by atoms with E-state index in [1.54, 1.807) is 0 Å². The van der Waals surface area contributed by atoms with Gasteiger partial charge < -0.3 is 55.8 Å². The fraction of sp³-hybridized carbons (Fsp3) is 1.00. The maximum absolute atomic E-state index is 10.3. The van der Waals surface area contributed by atoms with Crippen molar-refractivity contribution in [3.05, 3.63) is 0 Å². The second kappa shape index (κ2) is 8.09. The van der Waals surface area contributed by atoms with Gasteiger partial charge in [0.25, 0.3) is 0 Å². The van der Waals surface area contributed by atoms with E-state index in [1.165, 1.54) is 0 Å². The first-order valence-corrected chi connectivity index (χ1v) is 6.94. The number of aliphatic hydroxyl groups excluding tert-OH is 9. The fourth-order valence-corrected chi connectivity index (χ4v) is 2.36. The van der Waals surface area contributed by atoms with Crippen molar-refractivity contribution in [3.63, 3.8) is 0 Å². The second-order valence-corrected chi connectivity index (χ2v) is 5.63. The lowest BCUT2D eigenvalue weighted by Crippen LogP contribution is -2.70. The first-order valence-electron chi connectivity index (χ1n) is 6.94. The highest BCUT2D eigenvalue weighted by atomic mass is 16.5. The molecule has 0 aromatic rings. The van der Waals surface area contributed by atoms with Crippen LogP contribution in [0.2, 0.25) is 0 Å². The molecule has 0 radical (unpaired) electrons. The summed E-state index contributed by atoms with van der Waals surface area (Å²) in [6.07, 6.45) is -15.6. The zero-order chi connectivity index (χ0) is 17.9. The van der Waals surface area contributed by atoms with Gasteiger partial charge in [-0.05, 0) is 0 Å². The quantitative estimate of drug-likeness (QED) is 0.210. The van der Waals surface area contributed by atoms with Crippen LogP contribution in [0.4, 0.5) is 0 Å². The van der Waals surface area contributed by atoms with Crippen LogP contribution in [0.5, 0.6) is 0 Å². The number of ether oxygens (including phenoxy) is 1. The van der Waals surface area contributed by atoms with Crippen molar-refractivity contribution < 1.29 is 55.8 Å². The molecule has 9 atom stereocenters. The zero-order valence-electron chi connectivity index (χ0n) is 12.1. The lowest BCUT2D eigenvalue weighted by Gasteiger charge is -2.46. The molecule has 23 heavy (non-hydrogen) atoms. The molecule has 1 aliphatic rings. The van der Waals surface area contributed by atoms with Crippen molar-refractivity contribution in [2.45, 2.75) is 54.4 Å². The molecule has 10 N–H and O–H groups in total. The van der Waals surface area contributed by atoms with Crippen molar-refractivity contribution >= 4 is 0 Å². The third-order valence-corrected chi connectivity index (χ3v) is 4.04. The van der Waals surface area contributed by atoms with E-state index in [0.29, 0.717) is 0 Å². The molecule has 1 unspecified atom stereocenters. The molecule has 1 aliphatic heterocycles. The molecule has 11 nitrogen and oxygen atoms in total. The Kier molecular flexibility index (Phi) is 7.25. The van der Waals surface area contributed by atoms with Gasteiger partial charge in [-0.3, -0.25) is 0 Å². The fourth-order valence-electron chi connectivity index (χ4n) is 2.36. The average Bonchev–Trinajstić information content (AvgIpc) is 2.56. The summed E-state index contributed by atoms with van der Waals surface area (Å²) >= 11 is 0. The van der Waals surface area contributed by atoms with E-state index in [4.69, 9.17) is 14.9 Å². The summed E-state index contributed by atoms with van der Waals surface area (Å²) in [5, 5.41) is 95.7. The minimum Gasteiger partial charge on any atom is -0.394 e. The molecule has 0 aromatic carbocycles. The molecule has 0 aromatic heterocycles. The number of rotatable bonds is 7. The van der Waals surface area contributed by atoms with Gasteiger partial charge in [0.05, 0.1) is 19.8 Å². The van der Waals surface area contributed by atoms with Gasteiger partial charge in [0, 0.05) is 0 Å². The highest BCUT2D eigenvalue weighted by molar-refractivity contribution is 5.05. The van der Waals surface area contributed by atoms with Crippen LogP contribution in [-0.2, 0) is 4.74 Å². The first kappa shape index (κ1) is 20.6. The predicted octanol–water partition coefficient (Wildman–Crippen LogP) is -6.37. The summed E-state index contributed by atoms with van der Waals surface area (Å²) < 4.78 is 4.89. The van der Waals surface area contributed by atoms with Crippen LogP contribution in [0.1, 0.15) is 0 Å². The molecule has 0 spiro atoms. The first-order chi connectivity index (χ1) is 10.6. The highest BCUT2D eigenvalue weighted by Crippen LogP contribution is 2.30. The predicted molar refractivity (Wildman–Crippen MR) is 70.9 cm³/mol. The minimum absolute atomic E-state index is 0.670. The molecular formula is C12H24O11. The van der Waals surface area contributed by atoms with E-state index in [-0.39, 0.29) is 0 Å². The summed E-state index contributed by atoms with van der Waals surface area (Å²) in [7, 11) is 0. The third kappa shape index (κ3) is 3.97. The van der Waals surface area contributed by atoms with Crippen LogP contribution in [0, 0.1) is 0 Å². The van der Waals surface area contributed by atoms with Gasteiger partial charge in [0.2, 0.25) is 0 Å². The molecule has 1 saturated heterocycles. The third-order valence-electron chi connectivity index (χ3n) is 4.04. The monoisotopic (exact) mass is 344 g/mol. The SMILES string of the molecule is OC[C@@H](O)[C@@H](O)[C@H](O)[C@@H](O)C(O)[C@@]1(O)CO[C@H](CO)[C@@H](O)[C@@H]1O. The van der Waals surface area contributed by atoms with E-state index in [0.717, 1.165) is 0 Å².